The highest BCUT2D eigenvalue weighted by Gasteiger charge is 2.08. The lowest BCUT2D eigenvalue weighted by Gasteiger charge is -1.98. The van der Waals surface area contributed by atoms with Gasteiger partial charge in [-0.15, -0.1) is 5.10 Å². The number of pyridine rings is 1. The van der Waals surface area contributed by atoms with Gasteiger partial charge in [-0.25, -0.2) is 9.67 Å². The number of para-hydroxylation sites is 1. The van der Waals surface area contributed by atoms with Gasteiger partial charge in [-0.2, -0.15) is 0 Å². The summed E-state index contributed by atoms with van der Waals surface area (Å²) in [4.78, 5) is 4.83. The molecule has 3 rings (SSSR count). The number of hydrogen-bond acceptors (Lipinski definition) is 4. The first-order chi connectivity index (χ1) is 8.24. The number of nitrogens with zero attached hydrogens (tertiary/aromatic N) is 3. The molecule has 0 aliphatic carbocycles. The van der Waals surface area contributed by atoms with E-state index in [-0.39, 0.29) is 0 Å². The Morgan fingerprint density at radius 1 is 1.18 bits per heavy atom. The molecule has 0 aliphatic rings. The molecule has 2 aromatic heterocycles. The van der Waals surface area contributed by atoms with Crippen LogP contribution in [0.1, 0.15) is 0 Å². The quantitative estimate of drug-likeness (QED) is 0.616. The van der Waals surface area contributed by atoms with E-state index in [1.54, 1.807) is 7.05 Å². The predicted molar refractivity (Wildman–Crippen MR) is 67.0 cm³/mol. The Kier molecular flexibility index (Phi) is 2.26. The van der Waals surface area contributed by atoms with Crippen LogP contribution in [0.3, 0.4) is 0 Å². The Morgan fingerprint density at radius 3 is 2.76 bits per heavy atom. The molecular formula is C12H9N3OS. The summed E-state index contributed by atoms with van der Waals surface area (Å²) in [5.41, 5.74) is 1.60. The molecule has 17 heavy (non-hydrogen) atoms. The predicted octanol–water partition coefficient (Wildman–Crippen LogP) is 2.96. The molecule has 0 spiro atoms. The summed E-state index contributed by atoms with van der Waals surface area (Å²) < 4.78 is 6.87. The van der Waals surface area contributed by atoms with E-state index in [4.69, 9.17) is 16.6 Å². The van der Waals surface area contributed by atoms with Crippen molar-refractivity contribution in [1.82, 2.24) is 14.8 Å². The number of rotatable bonds is 1. The Hall–Kier alpha value is -2.01. The average molecular weight is 243 g/mol. The molecule has 0 atom stereocenters. The zero-order chi connectivity index (χ0) is 11.8. The lowest BCUT2D eigenvalue weighted by molar-refractivity contribution is 0.533. The van der Waals surface area contributed by atoms with E-state index >= 15 is 0 Å². The maximum absolute atomic E-state index is 5.35. The van der Waals surface area contributed by atoms with Crippen molar-refractivity contribution < 1.29 is 4.42 Å². The van der Waals surface area contributed by atoms with Crippen molar-refractivity contribution in [2.45, 2.75) is 0 Å². The minimum atomic E-state index is 0.343. The smallest absolute Gasteiger partial charge is 0.287 e. The van der Waals surface area contributed by atoms with Crippen LogP contribution in [0, 0.1) is 4.84 Å². The molecule has 84 valence electrons. The fourth-order valence-electron chi connectivity index (χ4n) is 1.63. The van der Waals surface area contributed by atoms with Crippen molar-refractivity contribution in [3.63, 3.8) is 0 Å². The molecule has 0 unspecified atom stereocenters. The maximum Gasteiger partial charge on any atom is 0.287 e. The molecule has 0 fully saturated rings. The van der Waals surface area contributed by atoms with Crippen LogP contribution in [0.25, 0.3) is 22.5 Å². The van der Waals surface area contributed by atoms with Crippen molar-refractivity contribution in [1.29, 1.82) is 0 Å². The summed E-state index contributed by atoms with van der Waals surface area (Å²) in [6.07, 6.45) is 0. The van der Waals surface area contributed by atoms with Gasteiger partial charge in [-0.05, 0) is 24.4 Å². The van der Waals surface area contributed by atoms with Gasteiger partial charge in [0.2, 0.25) is 0 Å². The lowest BCUT2D eigenvalue weighted by atomic mass is 10.2. The first-order valence-electron chi connectivity index (χ1n) is 5.14. The highest BCUT2D eigenvalue weighted by molar-refractivity contribution is 7.71. The summed E-state index contributed by atoms with van der Waals surface area (Å²) in [7, 11) is 1.75. The number of aromatic nitrogens is 3. The summed E-state index contributed by atoms with van der Waals surface area (Å²) in [6, 6.07) is 11.8. The van der Waals surface area contributed by atoms with E-state index in [1.165, 1.54) is 4.68 Å². The fourth-order valence-corrected chi connectivity index (χ4v) is 1.75. The van der Waals surface area contributed by atoms with E-state index in [1.807, 2.05) is 36.4 Å². The van der Waals surface area contributed by atoms with E-state index in [2.05, 4.69) is 10.1 Å². The minimum Gasteiger partial charge on any atom is -0.408 e. The monoisotopic (exact) mass is 243 g/mol. The molecule has 4 nitrogen and oxygen atoms in total. The van der Waals surface area contributed by atoms with E-state index < -0.39 is 0 Å². The average Bonchev–Trinajstić information content (AvgIpc) is 2.69. The molecule has 0 aliphatic heterocycles. The van der Waals surface area contributed by atoms with Gasteiger partial charge in [0.1, 0.15) is 5.69 Å². The van der Waals surface area contributed by atoms with Gasteiger partial charge in [0.05, 0.1) is 5.52 Å². The van der Waals surface area contributed by atoms with Gasteiger partial charge in [-0.3, -0.25) is 0 Å². The zero-order valence-electron chi connectivity index (χ0n) is 9.12. The summed E-state index contributed by atoms with van der Waals surface area (Å²) >= 11 is 4.98. The van der Waals surface area contributed by atoms with Gasteiger partial charge in [0.25, 0.3) is 10.7 Å². The Balaban J connectivity index is 2.21. The second-order valence-electron chi connectivity index (χ2n) is 3.69. The van der Waals surface area contributed by atoms with Crippen LogP contribution < -0.4 is 0 Å². The second kappa shape index (κ2) is 3.78. The maximum atomic E-state index is 5.35. The molecule has 5 heteroatoms. The largest absolute Gasteiger partial charge is 0.408 e. The molecular weight excluding hydrogens is 234 g/mol. The van der Waals surface area contributed by atoms with Crippen LogP contribution in [-0.4, -0.2) is 14.8 Å². The second-order valence-corrected chi connectivity index (χ2v) is 4.04. The van der Waals surface area contributed by atoms with E-state index in [0.29, 0.717) is 16.4 Å². The number of benzene rings is 1. The van der Waals surface area contributed by atoms with Crippen LogP contribution in [0.15, 0.2) is 40.8 Å². The van der Waals surface area contributed by atoms with Crippen LogP contribution in [0.2, 0.25) is 0 Å². The molecule has 0 saturated heterocycles. The molecule has 0 amide bonds. The molecule has 3 aromatic rings. The van der Waals surface area contributed by atoms with Crippen LogP contribution >= 0.6 is 12.2 Å². The third-order valence-electron chi connectivity index (χ3n) is 2.51. The van der Waals surface area contributed by atoms with Crippen LogP contribution in [-0.2, 0) is 7.05 Å². The van der Waals surface area contributed by atoms with E-state index in [9.17, 15) is 0 Å². The molecule has 1 aromatic carbocycles. The van der Waals surface area contributed by atoms with Gasteiger partial charge < -0.3 is 4.42 Å². The Morgan fingerprint density at radius 2 is 2.00 bits per heavy atom. The van der Waals surface area contributed by atoms with Gasteiger partial charge in [-0.1, -0.05) is 24.3 Å². The van der Waals surface area contributed by atoms with E-state index in [0.717, 1.165) is 10.9 Å². The van der Waals surface area contributed by atoms with Gasteiger partial charge in [0, 0.05) is 12.4 Å². The third-order valence-corrected chi connectivity index (χ3v) is 2.85. The number of aryl methyl sites for hydroxylation is 1. The summed E-state index contributed by atoms with van der Waals surface area (Å²) in [6.45, 7) is 0. The fraction of sp³-hybridized carbons (Fsp3) is 0.0833. The SMILES string of the molecule is Cn1nc(-c2ccc3ccccc3n2)oc1=S. The molecule has 2 heterocycles. The van der Waals surface area contributed by atoms with Crippen LogP contribution in [0.5, 0.6) is 0 Å². The Labute approximate surface area is 103 Å². The summed E-state index contributed by atoms with van der Waals surface area (Å²) in [5, 5.41) is 5.26. The first kappa shape index (κ1) is 10.2. The Bertz CT molecular complexity index is 745. The third kappa shape index (κ3) is 1.74. The van der Waals surface area contributed by atoms with Crippen molar-refractivity contribution in [2.75, 3.05) is 0 Å². The highest BCUT2D eigenvalue weighted by Crippen LogP contribution is 2.19. The van der Waals surface area contributed by atoms with Gasteiger partial charge in [0.15, 0.2) is 0 Å². The molecule has 0 radical (unpaired) electrons. The molecule has 0 saturated carbocycles. The number of fused-ring (bicyclic) bond motifs is 1. The van der Waals surface area contributed by atoms with Crippen LogP contribution in [0.4, 0.5) is 0 Å². The van der Waals surface area contributed by atoms with Crippen molar-refractivity contribution >= 4 is 23.1 Å². The minimum absolute atomic E-state index is 0.343. The lowest BCUT2D eigenvalue weighted by Crippen LogP contribution is -1.91. The highest BCUT2D eigenvalue weighted by atomic mass is 32.1. The normalized spacial score (nSPS) is 10.9. The molecule has 0 N–H and O–H groups in total. The van der Waals surface area contributed by atoms with Crippen molar-refractivity contribution in [3.05, 3.63) is 41.2 Å². The zero-order valence-corrected chi connectivity index (χ0v) is 9.94. The van der Waals surface area contributed by atoms with Crippen molar-refractivity contribution in [2.24, 2.45) is 7.05 Å². The van der Waals surface area contributed by atoms with Crippen molar-refractivity contribution in [3.8, 4) is 11.6 Å². The first-order valence-corrected chi connectivity index (χ1v) is 5.55. The standard InChI is InChI=1S/C12H9N3OS/c1-15-12(17)16-11(14-15)10-7-6-8-4-2-3-5-9(8)13-10/h2-7H,1H3. The van der Waals surface area contributed by atoms with Gasteiger partial charge >= 0.3 is 0 Å². The summed E-state index contributed by atoms with van der Waals surface area (Å²) in [5.74, 6) is 0.447. The number of hydrogen-bond donors (Lipinski definition) is 0. The topological polar surface area (TPSA) is 43.9 Å². The molecule has 0 bridgehead atoms.